The van der Waals surface area contributed by atoms with E-state index in [2.05, 4.69) is 0 Å². The van der Waals surface area contributed by atoms with Gasteiger partial charge in [0, 0.05) is 19.1 Å². The maximum absolute atomic E-state index is 11.5. The number of aliphatic hydroxyl groups excluding tert-OH is 1. The highest BCUT2D eigenvalue weighted by atomic mass is 16.7. The Kier molecular flexibility index (Phi) is 6.06. The predicted octanol–water partition coefficient (Wildman–Crippen LogP) is 1.94. The van der Waals surface area contributed by atoms with Crippen LogP contribution in [-0.2, 0) is 14.3 Å². The molecule has 1 heterocycles. The molecule has 120 valence electrons. The van der Waals surface area contributed by atoms with Crippen LogP contribution < -0.4 is 5.73 Å². The molecule has 0 spiro atoms. The summed E-state index contributed by atoms with van der Waals surface area (Å²) in [6.45, 7) is 2.61. The fourth-order valence-corrected chi connectivity index (χ4v) is 3.68. The van der Waals surface area contributed by atoms with Crippen LogP contribution in [0.15, 0.2) is 11.8 Å². The summed E-state index contributed by atoms with van der Waals surface area (Å²) in [6.07, 6.45) is 7.89. The first kappa shape index (κ1) is 16.3. The third kappa shape index (κ3) is 3.98. The van der Waals surface area contributed by atoms with Gasteiger partial charge in [-0.25, -0.2) is 0 Å². The van der Waals surface area contributed by atoms with E-state index in [0.29, 0.717) is 12.5 Å². The summed E-state index contributed by atoms with van der Waals surface area (Å²) >= 11 is 0. The molecule has 0 radical (unpaired) electrons. The van der Waals surface area contributed by atoms with Crippen LogP contribution in [0.3, 0.4) is 0 Å². The zero-order chi connectivity index (χ0) is 15.2. The summed E-state index contributed by atoms with van der Waals surface area (Å²) in [5, 5.41) is 9.13. The predicted molar refractivity (Wildman–Crippen MR) is 79.0 cm³/mol. The highest BCUT2D eigenvalue weighted by Crippen LogP contribution is 2.43. The lowest BCUT2D eigenvalue weighted by atomic mass is 9.76. The second-order valence-corrected chi connectivity index (χ2v) is 5.99. The number of carbonyl (C=O) groups is 1. The third-order valence-electron chi connectivity index (χ3n) is 4.64. The molecule has 1 saturated carbocycles. The van der Waals surface area contributed by atoms with E-state index in [9.17, 15) is 4.79 Å². The van der Waals surface area contributed by atoms with Gasteiger partial charge in [-0.15, -0.1) is 0 Å². The average molecular weight is 297 g/mol. The molecule has 0 aromatic rings. The van der Waals surface area contributed by atoms with E-state index in [0.717, 1.165) is 12.8 Å². The Balaban J connectivity index is 2.22. The van der Waals surface area contributed by atoms with Gasteiger partial charge in [-0.05, 0) is 50.5 Å². The van der Waals surface area contributed by atoms with Crippen molar-refractivity contribution in [1.82, 2.24) is 0 Å². The molecule has 1 amide bonds. The van der Waals surface area contributed by atoms with Crippen LogP contribution in [0, 0.1) is 17.8 Å². The van der Waals surface area contributed by atoms with Crippen LogP contribution >= 0.6 is 0 Å². The average Bonchev–Trinajstić information content (AvgIpc) is 2.99. The smallest absolute Gasteiger partial charge is 0.283 e. The Hall–Kier alpha value is -1.07. The molecule has 0 unspecified atom stereocenters. The minimum Gasteiger partial charge on any atom is -0.459 e. The quantitative estimate of drug-likeness (QED) is 0.752. The van der Waals surface area contributed by atoms with Gasteiger partial charge >= 0.3 is 0 Å². The molecule has 21 heavy (non-hydrogen) atoms. The Morgan fingerprint density at radius 2 is 2.19 bits per heavy atom. The lowest BCUT2D eigenvalue weighted by Crippen LogP contribution is -2.40. The van der Waals surface area contributed by atoms with Crippen LogP contribution in [-0.4, -0.2) is 30.5 Å². The largest absolute Gasteiger partial charge is 0.459 e. The molecule has 5 heteroatoms. The molecule has 0 saturated heterocycles. The normalized spacial score (nSPS) is 30.0. The van der Waals surface area contributed by atoms with Crippen LogP contribution in [0.2, 0.25) is 0 Å². The van der Waals surface area contributed by atoms with Gasteiger partial charge in [-0.1, -0.05) is 12.8 Å². The zero-order valence-corrected chi connectivity index (χ0v) is 12.8. The minimum absolute atomic E-state index is 0.166. The van der Waals surface area contributed by atoms with E-state index in [1.807, 2.05) is 13.0 Å². The first-order valence-corrected chi connectivity index (χ1v) is 8.08. The molecule has 0 aromatic carbocycles. The highest BCUT2D eigenvalue weighted by molar-refractivity contribution is 5.90. The lowest BCUT2D eigenvalue weighted by molar-refractivity contribution is -0.175. The van der Waals surface area contributed by atoms with E-state index in [4.69, 9.17) is 20.3 Å². The number of carbonyl (C=O) groups excluding carboxylic acids is 1. The molecule has 2 rings (SSSR count). The molecule has 0 bridgehead atoms. The number of allylic oxidation sites excluding steroid dienone is 1. The molecule has 1 aliphatic heterocycles. The number of primary amides is 1. The Morgan fingerprint density at radius 1 is 1.48 bits per heavy atom. The van der Waals surface area contributed by atoms with Crippen molar-refractivity contribution in [3.8, 4) is 0 Å². The standard InChI is InChI=1S/C16H27NO4/c1-2-20-16-12(8-5-9-18)13(11-6-3-4-7-11)10-14(21-16)15(17)19/h10-13,16,18H,2-9H2,1H3,(H2,17,19)/t12-,13-,16-/m1/s1. The summed E-state index contributed by atoms with van der Waals surface area (Å²) in [4.78, 5) is 11.5. The van der Waals surface area contributed by atoms with E-state index in [1.54, 1.807) is 0 Å². The first-order chi connectivity index (χ1) is 10.2. The van der Waals surface area contributed by atoms with E-state index in [-0.39, 0.29) is 24.2 Å². The summed E-state index contributed by atoms with van der Waals surface area (Å²) in [5.74, 6) is 0.721. The Bertz CT molecular complexity index is 376. The van der Waals surface area contributed by atoms with Gasteiger partial charge in [-0.3, -0.25) is 4.79 Å². The Labute approximate surface area is 126 Å². The van der Waals surface area contributed by atoms with Gasteiger partial charge in [0.2, 0.25) is 6.29 Å². The maximum atomic E-state index is 11.5. The number of nitrogens with two attached hydrogens (primary N) is 1. The second kappa shape index (κ2) is 7.80. The van der Waals surface area contributed by atoms with Crippen molar-refractivity contribution in [2.24, 2.45) is 23.5 Å². The molecular weight excluding hydrogens is 270 g/mol. The number of hydrogen-bond acceptors (Lipinski definition) is 4. The van der Waals surface area contributed by atoms with Crippen molar-refractivity contribution in [3.63, 3.8) is 0 Å². The fraction of sp³-hybridized carbons (Fsp3) is 0.812. The maximum Gasteiger partial charge on any atom is 0.283 e. The van der Waals surface area contributed by atoms with E-state index >= 15 is 0 Å². The van der Waals surface area contributed by atoms with Crippen LogP contribution in [0.4, 0.5) is 0 Å². The van der Waals surface area contributed by atoms with Gasteiger partial charge in [-0.2, -0.15) is 0 Å². The van der Waals surface area contributed by atoms with Crippen LogP contribution in [0.25, 0.3) is 0 Å². The van der Waals surface area contributed by atoms with Gasteiger partial charge in [0.25, 0.3) is 5.91 Å². The van der Waals surface area contributed by atoms with Gasteiger partial charge in [0.1, 0.15) is 0 Å². The van der Waals surface area contributed by atoms with Gasteiger partial charge in [0.15, 0.2) is 5.76 Å². The SMILES string of the molecule is CCO[C@@H]1OC(C(N)=O)=C[C@H](C2CCCC2)[C@H]1CCCO. The van der Waals surface area contributed by atoms with Crippen LogP contribution in [0.5, 0.6) is 0 Å². The van der Waals surface area contributed by atoms with Crippen molar-refractivity contribution in [2.45, 2.75) is 51.7 Å². The summed E-state index contributed by atoms with van der Waals surface area (Å²) in [6, 6.07) is 0. The fourth-order valence-electron chi connectivity index (χ4n) is 3.68. The Morgan fingerprint density at radius 3 is 2.76 bits per heavy atom. The number of ether oxygens (including phenoxy) is 2. The van der Waals surface area contributed by atoms with E-state index in [1.165, 1.54) is 25.7 Å². The molecule has 0 aromatic heterocycles. The summed E-state index contributed by atoms with van der Waals surface area (Å²) in [5.41, 5.74) is 5.40. The van der Waals surface area contributed by atoms with E-state index < -0.39 is 12.2 Å². The minimum atomic E-state index is -0.525. The second-order valence-electron chi connectivity index (χ2n) is 5.99. The number of amides is 1. The monoisotopic (exact) mass is 297 g/mol. The van der Waals surface area contributed by atoms with Crippen molar-refractivity contribution in [2.75, 3.05) is 13.2 Å². The number of aliphatic hydroxyl groups is 1. The summed E-state index contributed by atoms with van der Waals surface area (Å²) < 4.78 is 11.4. The summed E-state index contributed by atoms with van der Waals surface area (Å²) in [7, 11) is 0. The topological polar surface area (TPSA) is 81.8 Å². The van der Waals surface area contributed by atoms with Crippen LogP contribution in [0.1, 0.15) is 45.4 Å². The van der Waals surface area contributed by atoms with Crippen molar-refractivity contribution in [1.29, 1.82) is 0 Å². The van der Waals surface area contributed by atoms with Crippen molar-refractivity contribution < 1.29 is 19.4 Å². The molecular formula is C16H27NO4. The number of hydrogen-bond donors (Lipinski definition) is 2. The van der Waals surface area contributed by atoms with Crippen molar-refractivity contribution in [3.05, 3.63) is 11.8 Å². The molecule has 3 N–H and O–H groups in total. The number of rotatable bonds is 7. The molecule has 1 aliphatic carbocycles. The molecule has 2 aliphatic rings. The molecule has 3 atom stereocenters. The lowest BCUT2D eigenvalue weighted by Gasteiger charge is -2.39. The molecule has 1 fully saturated rings. The first-order valence-electron chi connectivity index (χ1n) is 8.08. The van der Waals surface area contributed by atoms with Crippen molar-refractivity contribution >= 4 is 5.91 Å². The zero-order valence-electron chi connectivity index (χ0n) is 12.8. The van der Waals surface area contributed by atoms with Gasteiger partial charge in [0.05, 0.1) is 0 Å². The molecule has 5 nitrogen and oxygen atoms in total. The highest BCUT2D eigenvalue weighted by Gasteiger charge is 2.40. The van der Waals surface area contributed by atoms with Gasteiger partial charge < -0.3 is 20.3 Å². The third-order valence-corrected chi connectivity index (χ3v) is 4.64.